The molecule has 0 spiro atoms. The summed E-state index contributed by atoms with van der Waals surface area (Å²) in [6, 6.07) is 15.6. The van der Waals surface area contributed by atoms with Crippen LogP contribution in [0.25, 0.3) is 17.2 Å². The number of hydrogen-bond donors (Lipinski definition) is 1. The molecule has 2 aromatic carbocycles. The second kappa shape index (κ2) is 7.43. The van der Waals surface area contributed by atoms with Gasteiger partial charge in [-0.2, -0.15) is 4.98 Å². The van der Waals surface area contributed by atoms with Crippen LogP contribution >= 0.6 is 0 Å². The van der Waals surface area contributed by atoms with Crippen LogP contribution < -0.4 is 5.32 Å². The molecule has 0 aliphatic rings. The standard InChI is InChI=1S/C21H15N3O5/c1-13-2-10-19-17(12-13)23-21(29-19)22-15-5-3-14(4-6-15)18(25)9-7-16-8-11-20(28-16)24(26)27/h2-12H,1H3,(H,22,23)/b9-7+. The number of aromatic nitrogens is 1. The highest BCUT2D eigenvalue weighted by Crippen LogP contribution is 2.23. The molecule has 144 valence electrons. The molecule has 29 heavy (non-hydrogen) atoms. The number of nitrogens with zero attached hydrogens (tertiary/aromatic N) is 2. The van der Waals surface area contributed by atoms with E-state index in [-0.39, 0.29) is 17.4 Å². The van der Waals surface area contributed by atoms with Crippen molar-refractivity contribution >= 4 is 40.5 Å². The molecule has 4 rings (SSSR count). The second-order valence-corrected chi connectivity index (χ2v) is 6.32. The summed E-state index contributed by atoms with van der Waals surface area (Å²) in [7, 11) is 0. The first-order valence-electron chi connectivity index (χ1n) is 8.69. The predicted molar refractivity (Wildman–Crippen MR) is 107 cm³/mol. The Hall–Kier alpha value is -4.20. The SMILES string of the molecule is Cc1ccc2oc(Nc3ccc(C(=O)/C=C/c4ccc([N+](=O)[O-])o4)cc3)nc2c1. The van der Waals surface area contributed by atoms with Crippen LogP contribution in [0.4, 0.5) is 17.6 Å². The lowest BCUT2D eigenvalue weighted by molar-refractivity contribution is -0.402. The van der Waals surface area contributed by atoms with E-state index in [9.17, 15) is 14.9 Å². The summed E-state index contributed by atoms with van der Waals surface area (Å²) < 4.78 is 10.6. The molecular formula is C21H15N3O5. The van der Waals surface area contributed by atoms with Crippen LogP contribution in [0.1, 0.15) is 21.7 Å². The maximum absolute atomic E-state index is 12.3. The zero-order valence-corrected chi connectivity index (χ0v) is 15.3. The fourth-order valence-corrected chi connectivity index (χ4v) is 2.72. The monoisotopic (exact) mass is 389 g/mol. The van der Waals surface area contributed by atoms with Gasteiger partial charge >= 0.3 is 5.88 Å². The predicted octanol–water partition coefficient (Wildman–Crippen LogP) is 5.28. The van der Waals surface area contributed by atoms with Gasteiger partial charge in [0.15, 0.2) is 11.4 Å². The van der Waals surface area contributed by atoms with E-state index >= 15 is 0 Å². The minimum absolute atomic E-state index is 0.231. The van der Waals surface area contributed by atoms with Gasteiger partial charge in [0.05, 0.1) is 6.07 Å². The van der Waals surface area contributed by atoms with Gasteiger partial charge in [0, 0.05) is 11.3 Å². The largest absolute Gasteiger partial charge is 0.433 e. The van der Waals surface area contributed by atoms with Gasteiger partial charge in [-0.3, -0.25) is 14.9 Å². The van der Waals surface area contributed by atoms with E-state index in [0.29, 0.717) is 17.2 Å². The number of nitro groups is 1. The lowest BCUT2D eigenvalue weighted by atomic mass is 10.1. The Labute approximate surface area is 164 Å². The Balaban J connectivity index is 1.44. The Morgan fingerprint density at radius 3 is 2.62 bits per heavy atom. The Morgan fingerprint density at radius 1 is 1.10 bits per heavy atom. The van der Waals surface area contributed by atoms with Crippen molar-refractivity contribution in [3.8, 4) is 0 Å². The number of benzene rings is 2. The Morgan fingerprint density at radius 2 is 1.90 bits per heavy atom. The van der Waals surface area contributed by atoms with Gasteiger partial charge < -0.3 is 14.2 Å². The number of oxazole rings is 1. The van der Waals surface area contributed by atoms with Gasteiger partial charge in [0.25, 0.3) is 6.01 Å². The second-order valence-electron chi connectivity index (χ2n) is 6.32. The summed E-state index contributed by atoms with van der Waals surface area (Å²) in [5.74, 6) is -0.399. The van der Waals surface area contributed by atoms with Gasteiger partial charge in [-0.1, -0.05) is 6.07 Å². The molecule has 0 saturated heterocycles. The molecule has 0 saturated carbocycles. The Kier molecular flexibility index (Phi) is 4.66. The smallest absolute Gasteiger partial charge is 0.423 e. The molecule has 0 radical (unpaired) electrons. The van der Waals surface area contributed by atoms with Crippen molar-refractivity contribution in [1.29, 1.82) is 0 Å². The number of allylic oxidation sites excluding steroid dienone is 1. The van der Waals surface area contributed by atoms with Crippen molar-refractivity contribution in [3.05, 3.63) is 87.7 Å². The first-order valence-corrected chi connectivity index (χ1v) is 8.69. The lowest BCUT2D eigenvalue weighted by Gasteiger charge is -2.02. The molecule has 0 amide bonds. The van der Waals surface area contributed by atoms with Crippen molar-refractivity contribution in [2.45, 2.75) is 6.92 Å². The molecule has 0 bridgehead atoms. The summed E-state index contributed by atoms with van der Waals surface area (Å²) in [5.41, 5.74) is 3.73. The number of ketones is 1. The highest BCUT2D eigenvalue weighted by Gasteiger charge is 2.11. The normalized spacial score (nSPS) is 11.2. The van der Waals surface area contributed by atoms with E-state index in [1.165, 1.54) is 24.3 Å². The summed E-state index contributed by atoms with van der Waals surface area (Å²) in [6.07, 6.45) is 2.69. The maximum Gasteiger partial charge on any atom is 0.433 e. The highest BCUT2D eigenvalue weighted by atomic mass is 16.6. The van der Waals surface area contributed by atoms with Gasteiger partial charge in [-0.15, -0.1) is 0 Å². The molecule has 0 unspecified atom stereocenters. The van der Waals surface area contributed by atoms with E-state index in [1.54, 1.807) is 24.3 Å². The van der Waals surface area contributed by atoms with Crippen LogP contribution in [0.2, 0.25) is 0 Å². The molecule has 0 atom stereocenters. The van der Waals surface area contributed by atoms with Gasteiger partial charge in [0.1, 0.15) is 16.2 Å². The molecule has 2 heterocycles. The number of aryl methyl sites for hydroxylation is 1. The minimum atomic E-state index is -0.636. The fraction of sp³-hybridized carbons (Fsp3) is 0.0476. The van der Waals surface area contributed by atoms with Crippen LogP contribution in [0.5, 0.6) is 0 Å². The van der Waals surface area contributed by atoms with Crippen LogP contribution in [-0.4, -0.2) is 15.7 Å². The van der Waals surface area contributed by atoms with Crippen LogP contribution in [-0.2, 0) is 0 Å². The first-order chi connectivity index (χ1) is 14.0. The lowest BCUT2D eigenvalue weighted by Crippen LogP contribution is -1.95. The van der Waals surface area contributed by atoms with Gasteiger partial charge in [0.2, 0.25) is 0 Å². The number of fused-ring (bicyclic) bond motifs is 1. The summed E-state index contributed by atoms with van der Waals surface area (Å²) in [5, 5.41) is 13.7. The first kappa shape index (κ1) is 18.2. The molecule has 4 aromatic rings. The molecule has 0 fully saturated rings. The number of furan rings is 1. The highest BCUT2D eigenvalue weighted by molar-refractivity contribution is 6.06. The summed E-state index contributed by atoms with van der Waals surface area (Å²) >= 11 is 0. The average molecular weight is 389 g/mol. The van der Waals surface area contributed by atoms with E-state index in [0.717, 1.165) is 16.8 Å². The maximum atomic E-state index is 12.3. The zero-order chi connectivity index (χ0) is 20.4. The van der Waals surface area contributed by atoms with E-state index in [2.05, 4.69) is 10.3 Å². The molecule has 0 aliphatic carbocycles. The third-order valence-corrected chi connectivity index (χ3v) is 4.16. The molecule has 1 N–H and O–H groups in total. The molecule has 8 nitrogen and oxygen atoms in total. The summed E-state index contributed by atoms with van der Waals surface area (Å²) in [6.45, 7) is 1.98. The van der Waals surface area contributed by atoms with Crippen LogP contribution in [0.3, 0.4) is 0 Å². The minimum Gasteiger partial charge on any atom is -0.423 e. The van der Waals surface area contributed by atoms with E-state index in [4.69, 9.17) is 8.83 Å². The number of hydrogen-bond acceptors (Lipinski definition) is 7. The van der Waals surface area contributed by atoms with E-state index < -0.39 is 4.92 Å². The number of rotatable bonds is 6. The topological polar surface area (TPSA) is 111 Å². The van der Waals surface area contributed by atoms with Gasteiger partial charge in [-0.25, -0.2) is 0 Å². The molecule has 2 aromatic heterocycles. The quantitative estimate of drug-likeness (QED) is 0.207. The molecule has 0 aliphatic heterocycles. The van der Waals surface area contributed by atoms with Crippen LogP contribution in [0, 0.1) is 17.0 Å². The van der Waals surface area contributed by atoms with Crippen molar-refractivity contribution in [2.75, 3.05) is 5.32 Å². The van der Waals surface area contributed by atoms with Crippen molar-refractivity contribution in [1.82, 2.24) is 4.98 Å². The average Bonchev–Trinajstić information content (AvgIpc) is 3.33. The number of anilines is 2. The van der Waals surface area contributed by atoms with Crippen molar-refractivity contribution in [3.63, 3.8) is 0 Å². The molecular weight excluding hydrogens is 374 g/mol. The summed E-state index contributed by atoms with van der Waals surface area (Å²) in [4.78, 5) is 26.6. The zero-order valence-electron chi connectivity index (χ0n) is 15.3. The van der Waals surface area contributed by atoms with E-state index in [1.807, 2.05) is 25.1 Å². The molecule has 8 heteroatoms. The van der Waals surface area contributed by atoms with Crippen molar-refractivity contribution in [2.24, 2.45) is 0 Å². The number of carbonyl (C=O) groups excluding carboxylic acids is 1. The number of carbonyl (C=O) groups is 1. The fourth-order valence-electron chi connectivity index (χ4n) is 2.72. The van der Waals surface area contributed by atoms with Crippen molar-refractivity contribution < 1.29 is 18.6 Å². The number of nitrogens with one attached hydrogen (secondary N) is 1. The van der Waals surface area contributed by atoms with Gasteiger partial charge in [-0.05, 0) is 67.1 Å². The van der Waals surface area contributed by atoms with Crippen LogP contribution in [0.15, 0.2) is 69.5 Å². The third kappa shape index (κ3) is 4.06. The Bertz CT molecular complexity index is 1230. The third-order valence-electron chi connectivity index (χ3n) is 4.16.